The first-order chi connectivity index (χ1) is 11.6. The van der Waals surface area contributed by atoms with Crippen LogP contribution in [0.1, 0.15) is 39.5 Å². The number of rotatable bonds is 9. The van der Waals surface area contributed by atoms with Crippen molar-refractivity contribution < 1.29 is 9.47 Å². The second-order valence-electron chi connectivity index (χ2n) is 5.71. The smallest absolute Gasteiger partial charge is 0.188 e. The number of hydrogen-bond donors (Lipinski definition) is 0. The van der Waals surface area contributed by atoms with E-state index >= 15 is 0 Å². The van der Waals surface area contributed by atoms with Gasteiger partial charge in [0.05, 0.1) is 17.0 Å². The molecule has 24 heavy (non-hydrogen) atoms. The van der Waals surface area contributed by atoms with E-state index in [1.807, 2.05) is 37.3 Å². The minimum absolute atomic E-state index is 0.266. The van der Waals surface area contributed by atoms with Crippen LogP contribution >= 0.6 is 34.8 Å². The summed E-state index contributed by atoms with van der Waals surface area (Å²) in [5.74, 6) is 1.39. The summed E-state index contributed by atoms with van der Waals surface area (Å²) in [4.78, 5) is 0. The highest BCUT2D eigenvalue weighted by Gasteiger charge is 2.18. The van der Waals surface area contributed by atoms with E-state index in [9.17, 15) is 0 Å². The van der Waals surface area contributed by atoms with Crippen LogP contribution < -0.4 is 9.47 Å². The molecule has 0 saturated heterocycles. The zero-order chi connectivity index (χ0) is 17.5. The molecule has 0 fully saturated rings. The SMILES string of the molecule is CCCCCOc1ccc2c(Cl)c(OC(Cl)C(Cl)CC)ccc2c1. The van der Waals surface area contributed by atoms with Crippen LogP contribution in [0, 0.1) is 0 Å². The van der Waals surface area contributed by atoms with E-state index in [2.05, 4.69) is 6.92 Å². The van der Waals surface area contributed by atoms with Gasteiger partial charge in [0.15, 0.2) is 5.56 Å². The third-order valence-corrected chi connectivity index (χ3v) is 5.27. The number of halogens is 3. The van der Waals surface area contributed by atoms with Crippen molar-refractivity contribution in [3.05, 3.63) is 35.4 Å². The lowest BCUT2D eigenvalue weighted by molar-refractivity contribution is 0.273. The van der Waals surface area contributed by atoms with E-state index in [1.165, 1.54) is 12.8 Å². The van der Waals surface area contributed by atoms with Gasteiger partial charge in [0.1, 0.15) is 11.5 Å². The van der Waals surface area contributed by atoms with Crippen molar-refractivity contribution in [2.75, 3.05) is 6.61 Å². The predicted octanol–water partition coefficient (Wildman–Crippen LogP) is 7.02. The fourth-order valence-electron chi connectivity index (χ4n) is 2.35. The molecule has 0 heterocycles. The Morgan fingerprint density at radius 2 is 1.83 bits per heavy atom. The van der Waals surface area contributed by atoms with Crippen molar-refractivity contribution in [2.45, 2.75) is 50.5 Å². The molecule has 0 amide bonds. The van der Waals surface area contributed by atoms with E-state index in [-0.39, 0.29) is 5.38 Å². The lowest BCUT2D eigenvalue weighted by atomic mass is 10.1. The number of fused-ring (bicyclic) bond motifs is 1. The Morgan fingerprint density at radius 1 is 1.04 bits per heavy atom. The van der Waals surface area contributed by atoms with Crippen LogP contribution in [0.2, 0.25) is 5.02 Å². The molecule has 0 spiro atoms. The number of ether oxygens (including phenoxy) is 2. The maximum absolute atomic E-state index is 6.46. The minimum atomic E-state index is -0.618. The highest BCUT2D eigenvalue weighted by Crippen LogP contribution is 2.36. The van der Waals surface area contributed by atoms with Crippen LogP contribution in [0.25, 0.3) is 10.8 Å². The molecule has 0 bridgehead atoms. The molecule has 2 atom stereocenters. The Labute approximate surface area is 159 Å². The van der Waals surface area contributed by atoms with Crippen molar-refractivity contribution in [3.8, 4) is 11.5 Å². The summed E-state index contributed by atoms with van der Waals surface area (Å²) in [6, 6.07) is 9.64. The average Bonchev–Trinajstić information content (AvgIpc) is 2.60. The van der Waals surface area contributed by atoms with Gasteiger partial charge in [-0.25, -0.2) is 0 Å². The Bertz CT molecular complexity index is 660. The van der Waals surface area contributed by atoms with Gasteiger partial charge in [-0.15, -0.1) is 11.6 Å². The van der Waals surface area contributed by atoms with Gasteiger partial charge in [-0.2, -0.15) is 0 Å². The topological polar surface area (TPSA) is 18.5 Å². The molecule has 2 rings (SSSR count). The third-order valence-electron chi connectivity index (χ3n) is 3.82. The number of unbranched alkanes of at least 4 members (excludes halogenated alkanes) is 2. The average molecular weight is 390 g/mol. The van der Waals surface area contributed by atoms with Gasteiger partial charge >= 0.3 is 0 Å². The molecule has 0 N–H and O–H groups in total. The zero-order valence-corrected chi connectivity index (χ0v) is 16.3. The molecule has 0 saturated carbocycles. The highest BCUT2D eigenvalue weighted by molar-refractivity contribution is 6.37. The van der Waals surface area contributed by atoms with E-state index in [1.54, 1.807) is 0 Å². The van der Waals surface area contributed by atoms with Crippen LogP contribution in [0.15, 0.2) is 30.3 Å². The molecule has 2 aromatic rings. The summed E-state index contributed by atoms with van der Waals surface area (Å²) in [5.41, 5.74) is -0.618. The van der Waals surface area contributed by atoms with Crippen LogP contribution in [0.3, 0.4) is 0 Å². The molecular weight excluding hydrogens is 367 g/mol. The largest absolute Gasteiger partial charge is 0.494 e. The van der Waals surface area contributed by atoms with Crippen LogP contribution in [-0.4, -0.2) is 17.5 Å². The number of alkyl halides is 2. The molecule has 2 nitrogen and oxygen atoms in total. The van der Waals surface area contributed by atoms with E-state index < -0.39 is 5.56 Å². The van der Waals surface area contributed by atoms with Crippen molar-refractivity contribution in [3.63, 3.8) is 0 Å². The van der Waals surface area contributed by atoms with E-state index in [0.717, 1.165) is 36.0 Å². The Kier molecular flexibility index (Phi) is 7.80. The summed E-state index contributed by atoms with van der Waals surface area (Å²) < 4.78 is 11.5. The second-order valence-corrected chi connectivity index (χ2v) is 7.08. The third kappa shape index (κ3) is 5.08. The first-order valence-corrected chi connectivity index (χ1v) is 9.61. The Hall–Kier alpha value is -0.830. The summed E-state index contributed by atoms with van der Waals surface area (Å²) >= 11 is 18.7. The molecule has 0 radical (unpaired) electrons. The van der Waals surface area contributed by atoms with Crippen molar-refractivity contribution >= 4 is 45.6 Å². The molecular formula is C19H23Cl3O2. The fraction of sp³-hybridized carbons (Fsp3) is 0.474. The minimum Gasteiger partial charge on any atom is -0.494 e. The summed E-state index contributed by atoms with van der Waals surface area (Å²) in [6.07, 6.45) is 4.15. The Balaban J connectivity index is 2.14. The molecule has 5 heteroatoms. The van der Waals surface area contributed by atoms with E-state index in [0.29, 0.717) is 10.8 Å². The van der Waals surface area contributed by atoms with Crippen LogP contribution in [-0.2, 0) is 0 Å². The van der Waals surface area contributed by atoms with Crippen molar-refractivity contribution in [1.82, 2.24) is 0 Å². The highest BCUT2D eigenvalue weighted by atomic mass is 35.5. The zero-order valence-electron chi connectivity index (χ0n) is 14.0. The van der Waals surface area contributed by atoms with Gasteiger partial charge in [-0.3, -0.25) is 0 Å². The maximum Gasteiger partial charge on any atom is 0.188 e. The molecule has 0 aliphatic rings. The Morgan fingerprint density at radius 3 is 2.54 bits per heavy atom. The van der Waals surface area contributed by atoms with Gasteiger partial charge in [0.25, 0.3) is 0 Å². The van der Waals surface area contributed by atoms with Gasteiger partial charge in [-0.05, 0) is 42.5 Å². The lowest BCUT2D eigenvalue weighted by Crippen LogP contribution is -2.20. The van der Waals surface area contributed by atoms with Crippen molar-refractivity contribution in [1.29, 1.82) is 0 Å². The quantitative estimate of drug-likeness (QED) is 0.339. The number of hydrogen-bond acceptors (Lipinski definition) is 2. The van der Waals surface area contributed by atoms with E-state index in [4.69, 9.17) is 44.3 Å². The van der Waals surface area contributed by atoms with Crippen LogP contribution in [0.5, 0.6) is 11.5 Å². The molecule has 2 unspecified atom stereocenters. The summed E-state index contributed by atoms with van der Waals surface area (Å²) in [5, 5.41) is 2.18. The summed E-state index contributed by atoms with van der Waals surface area (Å²) in [7, 11) is 0. The molecule has 132 valence electrons. The van der Waals surface area contributed by atoms with Gasteiger partial charge < -0.3 is 9.47 Å². The second kappa shape index (κ2) is 9.60. The fourth-order valence-corrected chi connectivity index (χ4v) is 2.96. The van der Waals surface area contributed by atoms with Gasteiger partial charge in [0.2, 0.25) is 0 Å². The standard InChI is InChI=1S/C19H23Cl3O2/c1-3-5-6-11-23-14-8-9-15-13(12-14)7-10-17(18(15)21)24-19(22)16(20)4-2/h7-10,12,16,19H,3-6,11H2,1-2H3. The van der Waals surface area contributed by atoms with Crippen LogP contribution in [0.4, 0.5) is 0 Å². The monoisotopic (exact) mass is 388 g/mol. The van der Waals surface area contributed by atoms with Crippen molar-refractivity contribution in [2.24, 2.45) is 0 Å². The first-order valence-electron chi connectivity index (χ1n) is 8.36. The molecule has 0 aromatic heterocycles. The van der Waals surface area contributed by atoms with Gasteiger partial charge in [-0.1, -0.05) is 56.0 Å². The molecule has 0 aliphatic carbocycles. The predicted molar refractivity (Wildman–Crippen MR) is 104 cm³/mol. The summed E-state index contributed by atoms with van der Waals surface area (Å²) in [6.45, 7) is 4.87. The lowest BCUT2D eigenvalue weighted by Gasteiger charge is -2.18. The molecule has 0 aliphatic heterocycles. The maximum atomic E-state index is 6.46. The van der Waals surface area contributed by atoms with Gasteiger partial charge in [0, 0.05) is 5.39 Å². The normalized spacial score (nSPS) is 13.7. The first kappa shape index (κ1) is 19.5. The molecule has 2 aromatic carbocycles. The number of benzene rings is 2.